The van der Waals surface area contributed by atoms with Crippen molar-refractivity contribution in [2.75, 3.05) is 11.9 Å². The number of hydrogen-bond donors (Lipinski definition) is 2. The Bertz CT molecular complexity index is 1050. The van der Waals surface area contributed by atoms with Crippen molar-refractivity contribution >= 4 is 50.8 Å². The molecule has 0 saturated carbocycles. The zero-order chi connectivity index (χ0) is 21.8. The Kier molecular flexibility index (Phi) is 7.59. The van der Waals surface area contributed by atoms with Gasteiger partial charge in [-0.3, -0.25) is 9.59 Å². The van der Waals surface area contributed by atoms with Crippen LogP contribution in [0, 0.1) is 12.7 Å². The van der Waals surface area contributed by atoms with Gasteiger partial charge in [-0.25, -0.2) is 12.8 Å². The third-order valence-corrected chi connectivity index (χ3v) is 5.91. The van der Waals surface area contributed by atoms with E-state index >= 15 is 0 Å². The fourth-order valence-electron chi connectivity index (χ4n) is 2.16. The van der Waals surface area contributed by atoms with E-state index in [0.29, 0.717) is 5.56 Å². The SMILES string of the molecule is Cc1ccc(NC(=O)COC(=O)[C@H](C)NS(=O)(=O)c2ccc(Cl)c(Cl)c2)c(F)c1. The highest BCUT2D eigenvalue weighted by atomic mass is 35.5. The number of hydrogen-bond acceptors (Lipinski definition) is 5. The lowest BCUT2D eigenvalue weighted by molar-refractivity contribution is -0.148. The van der Waals surface area contributed by atoms with Crippen molar-refractivity contribution < 1.29 is 27.1 Å². The molecule has 0 aromatic heterocycles. The third kappa shape index (κ3) is 6.40. The number of aryl methyl sites for hydroxylation is 1. The molecule has 2 aromatic rings. The van der Waals surface area contributed by atoms with Crippen LogP contribution in [0.15, 0.2) is 41.3 Å². The zero-order valence-corrected chi connectivity index (χ0v) is 17.7. The van der Waals surface area contributed by atoms with Crippen molar-refractivity contribution in [2.45, 2.75) is 24.8 Å². The Hall–Kier alpha value is -2.20. The predicted octanol–water partition coefficient (Wildman–Crippen LogP) is 3.29. The fraction of sp³-hybridized carbons (Fsp3) is 0.222. The van der Waals surface area contributed by atoms with Crippen LogP contribution in [0.25, 0.3) is 0 Å². The summed E-state index contributed by atoms with van der Waals surface area (Å²) in [5.74, 6) is -2.40. The minimum atomic E-state index is -4.08. The van der Waals surface area contributed by atoms with Crippen molar-refractivity contribution in [1.82, 2.24) is 4.72 Å². The molecule has 0 saturated heterocycles. The Balaban J connectivity index is 1.92. The fourth-order valence-corrected chi connectivity index (χ4v) is 3.74. The molecule has 2 N–H and O–H groups in total. The number of ether oxygens (including phenoxy) is 1. The smallest absolute Gasteiger partial charge is 0.324 e. The van der Waals surface area contributed by atoms with Gasteiger partial charge in [0.05, 0.1) is 20.6 Å². The molecule has 1 atom stereocenters. The van der Waals surface area contributed by atoms with Crippen LogP contribution >= 0.6 is 23.2 Å². The first-order chi connectivity index (χ1) is 13.5. The second-order valence-electron chi connectivity index (χ2n) is 6.06. The molecule has 29 heavy (non-hydrogen) atoms. The molecule has 0 heterocycles. The third-order valence-electron chi connectivity index (χ3n) is 3.63. The Morgan fingerprint density at radius 1 is 1.14 bits per heavy atom. The molecule has 0 aliphatic heterocycles. The topological polar surface area (TPSA) is 102 Å². The van der Waals surface area contributed by atoms with E-state index < -0.39 is 40.4 Å². The highest BCUT2D eigenvalue weighted by Gasteiger charge is 2.24. The van der Waals surface area contributed by atoms with E-state index in [2.05, 4.69) is 10.0 Å². The largest absolute Gasteiger partial charge is 0.454 e. The standard InChI is InChI=1S/C18H17Cl2FN2O5S/c1-10-3-6-16(15(21)7-10)22-17(24)9-28-18(25)11(2)23-29(26,27)12-4-5-13(19)14(20)8-12/h3-8,11,23H,9H2,1-2H3,(H,22,24)/t11-/m0/s1. The molecule has 0 spiro atoms. The van der Waals surface area contributed by atoms with Crippen molar-refractivity contribution in [1.29, 1.82) is 0 Å². The molecule has 0 fully saturated rings. The first kappa shape index (κ1) is 23.1. The van der Waals surface area contributed by atoms with Gasteiger partial charge in [-0.2, -0.15) is 4.72 Å². The van der Waals surface area contributed by atoms with Crippen LogP contribution in [-0.2, 0) is 24.3 Å². The predicted molar refractivity (Wildman–Crippen MR) is 107 cm³/mol. The maximum absolute atomic E-state index is 13.7. The lowest BCUT2D eigenvalue weighted by Crippen LogP contribution is -2.40. The minimum Gasteiger partial charge on any atom is -0.454 e. The summed E-state index contributed by atoms with van der Waals surface area (Å²) in [6.45, 7) is 2.22. The summed E-state index contributed by atoms with van der Waals surface area (Å²) >= 11 is 11.6. The van der Waals surface area contributed by atoms with Gasteiger partial charge in [0.1, 0.15) is 11.9 Å². The normalized spacial score (nSPS) is 12.3. The molecule has 0 radical (unpaired) electrons. The van der Waals surface area contributed by atoms with Crippen molar-refractivity contribution in [3.63, 3.8) is 0 Å². The summed E-state index contributed by atoms with van der Waals surface area (Å²) in [5.41, 5.74) is 0.611. The number of benzene rings is 2. The van der Waals surface area contributed by atoms with Gasteiger partial charge in [-0.1, -0.05) is 29.3 Å². The van der Waals surface area contributed by atoms with Crippen molar-refractivity contribution in [3.8, 4) is 0 Å². The van der Waals surface area contributed by atoms with Gasteiger partial charge in [0, 0.05) is 0 Å². The quantitative estimate of drug-likeness (QED) is 0.614. The number of sulfonamides is 1. The van der Waals surface area contributed by atoms with Crippen LogP contribution in [0.2, 0.25) is 10.0 Å². The number of esters is 1. The van der Waals surface area contributed by atoms with E-state index in [1.165, 1.54) is 31.2 Å². The van der Waals surface area contributed by atoms with E-state index in [1.807, 2.05) is 0 Å². The number of amides is 1. The lowest BCUT2D eigenvalue weighted by atomic mass is 10.2. The Morgan fingerprint density at radius 3 is 2.45 bits per heavy atom. The molecule has 0 unspecified atom stereocenters. The summed E-state index contributed by atoms with van der Waals surface area (Å²) in [6, 6.07) is 6.57. The number of rotatable bonds is 7. The van der Waals surface area contributed by atoms with Crippen LogP contribution < -0.4 is 10.0 Å². The van der Waals surface area contributed by atoms with Crippen LogP contribution in [-0.4, -0.2) is 32.9 Å². The monoisotopic (exact) mass is 462 g/mol. The maximum Gasteiger partial charge on any atom is 0.324 e. The molecule has 156 valence electrons. The van der Waals surface area contributed by atoms with E-state index in [4.69, 9.17) is 27.9 Å². The maximum atomic E-state index is 13.7. The van der Waals surface area contributed by atoms with E-state index in [9.17, 15) is 22.4 Å². The van der Waals surface area contributed by atoms with Crippen molar-refractivity contribution in [2.24, 2.45) is 0 Å². The number of nitrogens with one attached hydrogen (secondary N) is 2. The average molecular weight is 463 g/mol. The van der Waals surface area contributed by atoms with Gasteiger partial charge < -0.3 is 10.1 Å². The molecular weight excluding hydrogens is 446 g/mol. The second-order valence-corrected chi connectivity index (χ2v) is 8.59. The molecule has 2 aromatic carbocycles. The molecular formula is C18H17Cl2FN2O5S. The number of anilines is 1. The zero-order valence-electron chi connectivity index (χ0n) is 15.3. The van der Waals surface area contributed by atoms with Gasteiger partial charge >= 0.3 is 5.97 Å². The number of halogens is 3. The summed E-state index contributed by atoms with van der Waals surface area (Å²) in [4.78, 5) is 23.6. The number of carbonyl (C=O) groups is 2. The van der Waals surface area contributed by atoms with Gasteiger partial charge in [-0.05, 0) is 49.7 Å². The van der Waals surface area contributed by atoms with E-state index in [1.54, 1.807) is 13.0 Å². The molecule has 11 heteroatoms. The van der Waals surface area contributed by atoms with Crippen LogP contribution in [0.3, 0.4) is 0 Å². The highest BCUT2D eigenvalue weighted by molar-refractivity contribution is 7.89. The lowest BCUT2D eigenvalue weighted by Gasteiger charge is -2.14. The summed E-state index contributed by atoms with van der Waals surface area (Å²) < 4.78 is 45.2. The highest BCUT2D eigenvalue weighted by Crippen LogP contribution is 2.24. The molecule has 2 rings (SSSR count). The minimum absolute atomic E-state index is 0.0322. The molecule has 7 nitrogen and oxygen atoms in total. The van der Waals surface area contributed by atoms with Gasteiger partial charge in [0.25, 0.3) is 5.91 Å². The first-order valence-electron chi connectivity index (χ1n) is 8.19. The van der Waals surface area contributed by atoms with Gasteiger partial charge in [0.2, 0.25) is 10.0 Å². The number of carbonyl (C=O) groups excluding carboxylic acids is 2. The molecule has 0 aliphatic carbocycles. The summed E-state index contributed by atoms with van der Waals surface area (Å²) in [7, 11) is -4.08. The first-order valence-corrected chi connectivity index (χ1v) is 10.4. The molecule has 1 amide bonds. The van der Waals surface area contributed by atoms with Crippen molar-refractivity contribution in [3.05, 3.63) is 57.8 Å². The Labute approximate surface area is 177 Å². The average Bonchev–Trinajstić information content (AvgIpc) is 2.63. The second kappa shape index (κ2) is 9.53. The Morgan fingerprint density at radius 2 is 1.83 bits per heavy atom. The van der Waals surface area contributed by atoms with Gasteiger partial charge in [0.15, 0.2) is 6.61 Å². The van der Waals surface area contributed by atoms with Crippen LogP contribution in [0.1, 0.15) is 12.5 Å². The van der Waals surface area contributed by atoms with E-state index in [0.717, 1.165) is 6.07 Å². The van der Waals surface area contributed by atoms with Crippen LogP contribution in [0.4, 0.5) is 10.1 Å². The summed E-state index contributed by atoms with van der Waals surface area (Å²) in [5, 5.41) is 2.47. The summed E-state index contributed by atoms with van der Waals surface area (Å²) in [6.07, 6.45) is 0. The molecule has 0 aliphatic rings. The van der Waals surface area contributed by atoms with Gasteiger partial charge in [-0.15, -0.1) is 0 Å². The molecule has 0 bridgehead atoms. The van der Waals surface area contributed by atoms with E-state index in [-0.39, 0.29) is 20.6 Å². The van der Waals surface area contributed by atoms with Crippen LogP contribution in [0.5, 0.6) is 0 Å².